The lowest BCUT2D eigenvalue weighted by Crippen LogP contribution is -2.37. The summed E-state index contributed by atoms with van der Waals surface area (Å²) in [6, 6.07) is 0.664. The summed E-state index contributed by atoms with van der Waals surface area (Å²) >= 11 is 1.78. The van der Waals surface area contributed by atoms with Gasteiger partial charge in [-0.1, -0.05) is 0 Å². The number of aromatic nitrogens is 1. The van der Waals surface area contributed by atoms with Crippen LogP contribution in [0.1, 0.15) is 42.5 Å². The first-order chi connectivity index (χ1) is 8.20. The highest BCUT2D eigenvalue weighted by atomic mass is 32.1. The average Bonchev–Trinajstić information content (AvgIpc) is 2.78. The molecule has 0 spiro atoms. The lowest BCUT2D eigenvalue weighted by molar-refractivity contribution is 0.172. The largest absolute Gasteiger partial charge is 0.396 e. The van der Waals surface area contributed by atoms with Crippen LogP contribution >= 0.6 is 11.3 Å². The fourth-order valence-corrected chi connectivity index (χ4v) is 3.48. The van der Waals surface area contributed by atoms with Crippen LogP contribution in [0.5, 0.6) is 0 Å². The van der Waals surface area contributed by atoms with Crippen LogP contribution in [0.4, 0.5) is 0 Å². The van der Waals surface area contributed by atoms with Gasteiger partial charge in [0, 0.05) is 36.1 Å². The van der Waals surface area contributed by atoms with Crippen molar-refractivity contribution in [2.75, 3.05) is 19.7 Å². The molecule has 2 heterocycles. The predicted molar refractivity (Wildman–Crippen MR) is 71.6 cm³/mol. The van der Waals surface area contributed by atoms with Crippen molar-refractivity contribution in [1.82, 2.24) is 9.88 Å². The maximum atomic E-state index is 8.91. The average molecular weight is 254 g/mol. The monoisotopic (exact) mass is 254 g/mol. The minimum absolute atomic E-state index is 0.230. The number of aliphatic hydroxyl groups is 1. The maximum Gasteiger partial charge on any atom is 0.0959 e. The Balaban J connectivity index is 1.91. The topological polar surface area (TPSA) is 36.4 Å². The SMILES string of the molecule is CC(C)N1CCC(c2ncc(CCO)s2)CC1. The second-order valence-electron chi connectivity index (χ2n) is 5.04. The molecule has 0 amide bonds. The van der Waals surface area contributed by atoms with Gasteiger partial charge in [0.2, 0.25) is 0 Å². The molecular weight excluding hydrogens is 232 g/mol. The molecule has 4 heteroatoms. The summed E-state index contributed by atoms with van der Waals surface area (Å²) in [4.78, 5) is 8.27. The highest BCUT2D eigenvalue weighted by molar-refractivity contribution is 7.11. The lowest BCUT2D eigenvalue weighted by atomic mass is 9.97. The zero-order chi connectivity index (χ0) is 12.3. The lowest BCUT2D eigenvalue weighted by Gasteiger charge is -2.33. The number of piperidine rings is 1. The summed E-state index contributed by atoms with van der Waals surface area (Å²) in [6.07, 6.45) is 5.14. The maximum absolute atomic E-state index is 8.91. The highest BCUT2D eigenvalue weighted by Gasteiger charge is 2.23. The van der Waals surface area contributed by atoms with Gasteiger partial charge in [-0.25, -0.2) is 4.98 Å². The number of hydrogen-bond acceptors (Lipinski definition) is 4. The van der Waals surface area contributed by atoms with Crippen molar-refractivity contribution in [1.29, 1.82) is 0 Å². The third-order valence-corrected chi connectivity index (χ3v) is 4.76. The van der Waals surface area contributed by atoms with E-state index in [-0.39, 0.29) is 6.61 Å². The minimum Gasteiger partial charge on any atom is -0.396 e. The second-order valence-corrected chi connectivity index (χ2v) is 6.19. The normalized spacial score (nSPS) is 19.1. The Labute approximate surface area is 107 Å². The van der Waals surface area contributed by atoms with Gasteiger partial charge in [-0.05, 0) is 39.8 Å². The molecule has 3 nitrogen and oxygen atoms in total. The number of likely N-dealkylation sites (tertiary alicyclic amines) is 1. The van der Waals surface area contributed by atoms with Gasteiger partial charge in [0.1, 0.15) is 0 Å². The molecule has 2 rings (SSSR count). The van der Waals surface area contributed by atoms with Crippen LogP contribution in [0, 0.1) is 0 Å². The molecule has 0 aliphatic carbocycles. The molecule has 0 atom stereocenters. The van der Waals surface area contributed by atoms with E-state index in [1.54, 1.807) is 11.3 Å². The van der Waals surface area contributed by atoms with E-state index in [2.05, 4.69) is 23.7 Å². The van der Waals surface area contributed by atoms with E-state index in [0.717, 1.165) is 6.42 Å². The van der Waals surface area contributed by atoms with Crippen molar-refractivity contribution in [3.8, 4) is 0 Å². The van der Waals surface area contributed by atoms with Crippen LogP contribution in [-0.2, 0) is 6.42 Å². The van der Waals surface area contributed by atoms with Crippen LogP contribution in [-0.4, -0.2) is 40.7 Å². The number of aliphatic hydroxyl groups excluding tert-OH is 1. The predicted octanol–water partition coefficient (Wildman–Crippen LogP) is 2.27. The van der Waals surface area contributed by atoms with E-state index in [4.69, 9.17) is 5.11 Å². The second kappa shape index (κ2) is 5.94. The number of nitrogens with zero attached hydrogens (tertiary/aromatic N) is 2. The van der Waals surface area contributed by atoms with Crippen molar-refractivity contribution in [2.45, 2.75) is 45.1 Å². The minimum atomic E-state index is 0.230. The van der Waals surface area contributed by atoms with E-state index in [9.17, 15) is 0 Å². The molecule has 96 valence electrons. The smallest absolute Gasteiger partial charge is 0.0959 e. The highest BCUT2D eigenvalue weighted by Crippen LogP contribution is 2.31. The van der Waals surface area contributed by atoms with Gasteiger partial charge in [-0.3, -0.25) is 0 Å². The molecule has 0 bridgehead atoms. The molecule has 1 fully saturated rings. The Morgan fingerprint density at radius 1 is 1.47 bits per heavy atom. The molecule has 1 N–H and O–H groups in total. The molecule has 1 aliphatic heterocycles. The van der Waals surface area contributed by atoms with Crippen molar-refractivity contribution < 1.29 is 5.11 Å². The summed E-state index contributed by atoms with van der Waals surface area (Å²) < 4.78 is 0. The van der Waals surface area contributed by atoms with E-state index < -0.39 is 0 Å². The first-order valence-electron chi connectivity index (χ1n) is 6.50. The molecule has 0 saturated carbocycles. The van der Waals surface area contributed by atoms with Crippen LogP contribution in [0.3, 0.4) is 0 Å². The van der Waals surface area contributed by atoms with E-state index in [1.165, 1.54) is 35.8 Å². The van der Waals surface area contributed by atoms with Gasteiger partial charge in [0.25, 0.3) is 0 Å². The summed E-state index contributed by atoms with van der Waals surface area (Å²) in [6.45, 7) is 7.15. The number of hydrogen-bond donors (Lipinski definition) is 1. The van der Waals surface area contributed by atoms with Crippen molar-refractivity contribution >= 4 is 11.3 Å². The summed E-state index contributed by atoms with van der Waals surface area (Å²) in [5.41, 5.74) is 0. The molecule has 17 heavy (non-hydrogen) atoms. The Morgan fingerprint density at radius 3 is 2.76 bits per heavy atom. The third-order valence-electron chi connectivity index (χ3n) is 3.54. The third kappa shape index (κ3) is 3.27. The van der Waals surface area contributed by atoms with Gasteiger partial charge in [0.05, 0.1) is 5.01 Å². The van der Waals surface area contributed by atoms with Crippen molar-refractivity contribution in [3.63, 3.8) is 0 Å². The van der Waals surface area contributed by atoms with Gasteiger partial charge in [0.15, 0.2) is 0 Å². The first-order valence-corrected chi connectivity index (χ1v) is 7.32. The number of rotatable bonds is 4. The van der Waals surface area contributed by atoms with Gasteiger partial charge < -0.3 is 10.0 Å². The van der Waals surface area contributed by atoms with Gasteiger partial charge in [-0.2, -0.15) is 0 Å². The quantitative estimate of drug-likeness (QED) is 0.895. The summed E-state index contributed by atoms with van der Waals surface area (Å²) in [5.74, 6) is 0.641. The van der Waals surface area contributed by atoms with E-state index in [0.29, 0.717) is 12.0 Å². The van der Waals surface area contributed by atoms with E-state index >= 15 is 0 Å². The Morgan fingerprint density at radius 2 is 2.18 bits per heavy atom. The van der Waals surface area contributed by atoms with Crippen LogP contribution in [0.25, 0.3) is 0 Å². The molecule has 1 saturated heterocycles. The molecule has 1 aromatic heterocycles. The summed E-state index contributed by atoms with van der Waals surface area (Å²) in [7, 11) is 0. The Kier molecular flexibility index (Phi) is 4.54. The Hall–Kier alpha value is -0.450. The van der Waals surface area contributed by atoms with Crippen LogP contribution in [0.2, 0.25) is 0 Å². The zero-order valence-electron chi connectivity index (χ0n) is 10.7. The van der Waals surface area contributed by atoms with Crippen LogP contribution in [0.15, 0.2) is 6.20 Å². The molecule has 0 radical (unpaired) electrons. The molecular formula is C13H22N2OS. The van der Waals surface area contributed by atoms with Gasteiger partial charge in [-0.15, -0.1) is 11.3 Å². The Bertz CT molecular complexity index is 343. The van der Waals surface area contributed by atoms with Crippen molar-refractivity contribution in [2.24, 2.45) is 0 Å². The van der Waals surface area contributed by atoms with Crippen LogP contribution < -0.4 is 0 Å². The molecule has 1 aromatic rings. The molecule has 0 aromatic carbocycles. The summed E-state index contributed by atoms with van der Waals surface area (Å²) in [5, 5.41) is 10.2. The molecule has 0 unspecified atom stereocenters. The standard InChI is InChI=1S/C13H22N2OS/c1-10(2)15-6-3-11(4-7-15)13-14-9-12(17-13)5-8-16/h9-11,16H,3-8H2,1-2H3. The fraction of sp³-hybridized carbons (Fsp3) is 0.769. The van der Waals surface area contributed by atoms with Crippen molar-refractivity contribution in [3.05, 3.63) is 16.1 Å². The van der Waals surface area contributed by atoms with E-state index in [1.807, 2.05) is 6.20 Å². The fourth-order valence-electron chi connectivity index (χ4n) is 2.40. The van der Waals surface area contributed by atoms with Gasteiger partial charge >= 0.3 is 0 Å². The zero-order valence-corrected chi connectivity index (χ0v) is 11.5. The molecule has 1 aliphatic rings. The first kappa shape index (κ1) is 13.0. The number of thiazole rings is 1.